The molecule has 0 aliphatic carbocycles. The highest BCUT2D eigenvalue weighted by Crippen LogP contribution is 2.29. The van der Waals surface area contributed by atoms with Crippen molar-refractivity contribution in [1.29, 1.82) is 0 Å². The third-order valence-corrected chi connectivity index (χ3v) is 4.72. The fourth-order valence-electron chi connectivity index (χ4n) is 2.18. The molecular formula is C17H15ClN4O3S. The average Bonchev–Trinajstić information content (AvgIpc) is 3.30. The topological polar surface area (TPSA) is 88.6 Å². The number of halogens is 1. The SMILES string of the molecule is COc1ccc(OC)c(/C=N\NC(=O)c2cc(-c3ccc(Cl)s3)[nH]n2)c1. The fourth-order valence-corrected chi connectivity index (χ4v) is 3.19. The van der Waals surface area contributed by atoms with Crippen molar-refractivity contribution in [3.63, 3.8) is 0 Å². The molecule has 3 rings (SSSR count). The average molecular weight is 391 g/mol. The zero-order chi connectivity index (χ0) is 18.5. The highest BCUT2D eigenvalue weighted by atomic mass is 35.5. The van der Waals surface area contributed by atoms with E-state index in [9.17, 15) is 4.79 Å². The first kappa shape index (κ1) is 18.0. The van der Waals surface area contributed by atoms with Crippen LogP contribution in [0, 0.1) is 0 Å². The number of aromatic nitrogens is 2. The van der Waals surface area contributed by atoms with Crippen LogP contribution in [0.5, 0.6) is 11.5 Å². The molecule has 0 fully saturated rings. The molecule has 1 amide bonds. The third-order valence-electron chi connectivity index (χ3n) is 3.46. The summed E-state index contributed by atoms with van der Waals surface area (Å²) in [5.74, 6) is 0.832. The molecule has 2 N–H and O–H groups in total. The molecule has 0 unspecified atom stereocenters. The van der Waals surface area contributed by atoms with Crippen molar-refractivity contribution in [2.24, 2.45) is 5.10 Å². The molecule has 2 aromatic heterocycles. The summed E-state index contributed by atoms with van der Waals surface area (Å²) < 4.78 is 11.1. The van der Waals surface area contributed by atoms with E-state index in [-0.39, 0.29) is 5.69 Å². The highest BCUT2D eigenvalue weighted by molar-refractivity contribution is 7.19. The van der Waals surface area contributed by atoms with Crippen LogP contribution in [-0.4, -0.2) is 36.5 Å². The Morgan fingerprint density at radius 1 is 1.27 bits per heavy atom. The van der Waals surface area contributed by atoms with E-state index < -0.39 is 5.91 Å². The second kappa shape index (κ2) is 8.03. The molecule has 0 saturated carbocycles. The van der Waals surface area contributed by atoms with Crippen LogP contribution in [0.2, 0.25) is 4.34 Å². The first-order chi connectivity index (χ1) is 12.6. The molecular weight excluding hydrogens is 376 g/mol. The van der Waals surface area contributed by atoms with E-state index in [1.54, 1.807) is 44.6 Å². The molecule has 1 aromatic carbocycles. The fraction of sp³-hybridized carbons (Fsp3) is 0.118. The molecule has 9 heteroatoms. The minimum absolute atomic E-state index is 0.222. The lowest BCUT2D eigenvalue weighted by Gasteiger charge is -2.06. The Hall–Kier alpha value is -2.84. The number of nitrogens with one attached hydrogen (secondary N) is 2. The van der Waals surface area contributed by atoms with Crippen LogP contribution < -0.4 is 14.9 Å². The maximum Gasteiger partial charge on any atom is 0.291 e. The smallest absolute Gasteiger partial charge is 0.291 e. The summed E-state index contributed by atoms with van der Waals surface area (Å²) in [5, 5.41) is 10.8. The lowest BCUT2D eigenvalue weighted by Crippen LogP contribution is -2.18. The number of H-pyrrole nitrogens is 1. The van der Waals surface area contributed by atoms with Gasteiger partial charge in [0.1, 0.15) is 11.5 Å². The number of carbonyl (C=O) groups is 1. The third kappa shape index (κ3) is 4.04. The zero-order valence-corrected chi connectivity index (χ0v) is 15.5. The van der Waals surface area contributed by atoms with Gasteiger partial charge in [-0.15, -0.1) is 11.3 Å². The van der Waals surface area contributed by atoms with Gasteiger partial charge in [0.15, 0.2) is 5.69 Å². The molecule has 0 atom stereocenters. The molecule has 0 saturated heterocycles. The number of hydrazone groups is 1. The largest absolute Gasteiger partial charge is 0.497 e. The monoisotopic (exact) mass is 390 g/mol. The van der Waals surface area contributed by atoms with Crippen LogP contribution in [-0.2, 0) is 0 Å². The van der Waals surface area contributed by atoms with Gasteiger partial charge in [-0.2, -0.15) is 10.2 Å². The first-order valence-corrected chi connectivity index (χ1v) is 8.66. The lowest BCUT2D eigenvalue weighted by molar-refractivity contribution is 0.0950. The predicted octanol–water partition coefficient (Wildman–Crippen LogP) is 3.57. The van der Waals surface area contributed by atoms with Gasteiger partial charge in [-0.1, -0.05) is 11.6 Å². The molecule has 3 aromatic rings. The Morgan fingerprint density at radius 2 is 2.12 bits per heavy atom. The number of amides is 1. The van der Waals surface area contributed by atoms with Crippen LogP contribution in [0.1, 0.15) is 16.1 Å². The Morgan fingerprint density at radius 3 is 2.81 bits per heavy atom. The van der Waals surface area contributed by atoms with Crippen molar-refractivity contribution in [2.45, 2.75) is 0 Å². The normalized spacial score (nSPS) is 10.9. The number of benzene rings is 1. The number of nitrogens with zero attached hydrogens (tertiary/aromatic N) is 2. The minimum Gasteiger partial charge on any atom is -0.497 e. The molecule has 0 aliphatic heterocycles. The Bertz CT molecular complexity index is 951. The standard InChI is InChI=1S/C17H15ClN4O3S/c1-24-11-3-4-14(25-2)10(7-11)9-19-22-17(23)13-8-12(20-21-13)15-5-6-16(18)26-15/h3-9H,1-2H3,(H,20,21)(H,22,23)/b19-9-. The van der Waals surface area contributed by atoms with E-state index in [0.717, 1.165) is 4.88 Å². The molecule has 26 heavy (non-hydrogen) atoms. The van der Waals surface area contributed by atoms with Crippen LogP contribution >= 0.6 is 22.9 Å². The van der Waals surface area contributed by atoms with Crippen LogP contribution in [0.25, 0.3) is 10.6 Å². The summed E-state index contributed by atoms with van der Waals surface area (Å²) in [5.41, 5.74) is 4.04. The molecule has 134 valence electrons. The van der Waals surface area contributed by atoms with Gasteiger partial charge < -0.3 is 9.47 Å². The van der Waals surface area contributed by atoms with Crippen molar-refractivity contribution in [3.05, 3.63) is 52.0 Å². The second-order valence-corrected chi connectivity index (χ2v) is 6.79. The van der Waals surface area contributed by atoms with Crippen molar-refractivity contribution in [3.8, 4) is 22.1 Å². The number of ether oxygens (including phenoxy) is 2. The Balaban J connectivity index is 1.69. The number of thiophene rings is 1. The lowest BCUT2D eigenvalue weighted by atomic mass is 10.2. The summed E-state index contributed by atoms with van der Waals surface area (Å²) in [7, 11) is 3.13. The number of hydrogen-bond acceptors (Lipinski definition) is 6. The predicted molar refractivity (Wildman–Crippen MR) is 102 cm³/mol. The van der Waals surface area contributed by atoms with Gasteiger partial charge >= 0.3 is 0 Å². The van der Waals surface area contributed by atoms with Gasteiger partial charge in [-0.3, -0.25) is 9.89 Å². The molecule has 0 aliphatic rings. The minimum atomic E-state index is -0.437. The number of rotatable bonds is 6. The highest BCUT2D eigenvalue weighted by Gasteiger charge is 2.12. The zero-order valence-electron chi connectivity index (χ0n) is 13.9. The molecule has 2 heterocycles. The van der Waals surface area contributed by atoms with Gasteiger partial charge in [0.05, 0.1) is 35.3 Å². The maximum atomic E-state index is 12.2. The Kier molecular flexibility index (Phi) is 5.55. The van der Waals surface area contributed by atoms with E-state index in [0.29, 0.717) is 27.1 Å². The van der Waals surface area contributed by atoms with E-state index in [2.05, 4.69) is 20.7 Å². The van der Waals surface area contributed by atoms with Crippen molar-refractivity contribution >= 4 is 35.1 Å². The molecule has 0 radical (unpaired) electrons. The van der Waals surface area contributed by atoms with Crippen LogP contribution in [0.15, 0.2) is 41.5 Å². The van der Waals surface area contributed by atoms with Gasteiger partial charge in [0, 0.05) is 5.56 Å². The molecule has 7 nitrogen and oxygen atoms in total. The van der Waals surface area contributed by atoms with Crippen molar-refractivity contribution < 1.29 is 14.3 Å². The van der Waals surface area contributed by atoms with Gasteiger partial charge in [0.2, 0.25) is 0 Å². The second-order valence-electron chi connectivity index (χ2n) is 5.08. The van der Waals surface area contributed by atoms with Gasteiger partial charge in [-0.05, 0) is 36.4 Å². The molecule has 0 spiro atoms. The first-order valence-electron chi connectivity index (χ1n) is 7.47. The van der Waals surface area contributed by atoms with Gasteiger partial charge in [-0.25, -0.2) is 5.43 Å². The van der Waals surface area contributed by atoms with E-state index in [1.807, 2.05) is 6.07 Å². The summed E-state index contributed by atoms with van der Waals surface area (Å²) >= 11 is 7.32. The van der Waals surface area contributed by atoms with E-state index in [1.165, 1.54) is 17.6 Å². The number of hydrogen-bond donors (Lipinski definition) is 2. The Labute approximate surface area is 158 Å². The summed E-state index contributed by atoms with van der Waals surface area (Å²) in [6.45, 7) is 0. The number of aromatic amines is 1. The van der Waals surface area contributed by atoms with Crippen LogP contribution in [0.3, 0.4) is 0 Å². The summed E-state index contributed by atoms with van der Waals surface area (Å²) in [4.78, 5) is 13.1. The quantitative estimate of drug-likeness (QED) is 0.497. The number of carbonyl (C=O) groups excluding carboxylic acids is 1. The summed E-state index contributed by atoms with van der Waals surface area (Å²) in [6, 6.07) is 10.6. The van der Waals surface area contributed by atoms with Crippen molar-refractivity contribution in [1.82, 2.24) is 15.6 Å². The van der Waals surface area contributed by atoms with Crippen LogP contribution in [0.4, 0.5) is 0 Å². The maximum absolute atomic E-state index is 12.2. The van der Waals surface area contributed by atoms with Crippen molar-refractivity contribution in [2.75, 3.05) is 14.2 Å². The summed E-state index contributed by atoms with van der Waals surface area (Å²) in [6.07, 6.45) is 1.48. The molecule has 0 bridgehead atoms. The van der Waals surface area contributed by atoms with Gasteiger partial charge in [0.25, 0.3) is 5.91 Å². The van der Waals surface area contributed by atoms with E-state index in [4.69, 9.17) is 21.1 Å². The number of methoxy groups -OCH3 is 2. The van der Waals surface area contributed by atoms with E-state index >= 15 is 0 Å².